The molecule has 0 bridgehead atoms. The van der Waals surface area contributed by atoms with Crippen molar-refractivity contribution in [2.24, 2.45) is 4.99 Å². The van der Waals surface area contributed by atoms with E-state index < -0.39 is 46.4 Å². The molecule has 4 rings (SSSR count). The molecule has 1 saturated heterocycles. The fraction of sp³-hybridized carbons (Fsp3) is 0.522. The molecule has 13 heteroatoms. The van der Waals surface area contributed by atoms with E-state index in [1.54, 1.807) is 32.9 Å². The number of hydrogen-bond acceptors (Lipinski definition) is 10. The Bertz CT molecular complexity index is 1240. The van der Waals surface area contributed by atoms with Crippen LogP contribution in [0.1, 0.15) is 50.8 Å². The van der Waals surface area contributed by atoms with Crippen LogP contribution in [0.3, 0.4) is 0 Å². The summed E-state index contributed by atoms with van der Waals surface area (Å²) in [6, 6.07) is 6.22. The van der Waals surface area contributed by atoms with E-state index in [0.29, 0.717) is 0 Å². The first-order valence-corrected chi connectivity index (χ1v) is 12.8. The molecule has 2 N–H and O–H groups in total. The van der Waals surface area contributed by atoms with E-state index >= 15 is 0 Å². The Labute approximate surface area is 209 Å². The summed E-state index contributed by atoms with van der Waals surface area (Å²) >= 11 is 0. The number of rotatable bonds is 5. The van der Waals surface area contributed by atoms with E-state index in [-0.39, 0.29) is 36.0 Å². The number of hydrogen-bond donors (Lipinski definition) is 2. The third-order valence-corrected chi connectivity index (χ3v) is 6.94. The molecular formula is C23H30N4O8S. The van der Waals surface area contributed by atoms with E-state index in [2.05, 4.69) is 9.98 Å². The molecule has 4 atom stereocenters. The highest BCUT2D eigenvalue weighted by Crippen LogP contribution is 2.36. The van der Waals surface area contributed by atoms with E-state index in [9.17, 15) is 23.4 Å². The van der Waals surface area contributed by atoms with Crippen LogP contribution in [0.25, 0.3) is 0 Å². The standard InChI is InChI=1S/C23H30N4O8S/c1-14-5-7-15(8-6-14)36(31,32)33-11-18-16(28)9-19(34-18)27-13-24-20-17(29)10-26(12-25-21(20)27)22(30)35-23(2,3)4/h5-8,12-13,16-19,28-29H,9-11H2,1-4H3/t16?,17?,18-,19-/m1/s1. The van der Waals surface area contributed by atoms with Crippen molar-refractivity contribution in [1.29, 1.82) is 0 Å². The van der Waals surface area contributed by atoms with Gasteiger partial charge in [0.1, 0.15) is 36.1 Å². The van der Waals surface area contributed by atoms with Crippen LogP contribution in [0.4, 0.5) is 10.6 Å². The number of aliphatic hydroxyl groups is 2. The maximum Gasteiger partial charge on any atom is 0.415 e. The number of carbonyl (C=O) groups is 1. The molecule has 2 aromatic rings. The topological polar surface area (TPSA) is 153 Å². The van der Waals surface area contributed by atoms with Crippen LogP contribution in [-0.2, 0) is 23.8 Å². The van der Waals surface area contributed by atoms with Crippen molar-refractivity contribution in [2.75, 3.05) is 13.2 Å². The third kappa shape index (κ3) is 5.76. The lowest BCUT2D eigenvalue weighted by molar-refractivity contribution is -0.0377. The van der Waals surface area contributed by atoms with Gasteiger partial charge in [-0.25, -0.2) is 14.8 Å². The molecule has 0 saturated carbocycles. The number of carbonyl (C=O) groups excluding carboxylic acids is 1. The van der Waals surface area contributed by atoms with Gasteiger partial charge in [-0.3, -0.25) is 13.7 Å². The van der Waals surface area contributed by atoms with E-state index in [4.69, 9.17) is 13.7 Å². The number of fused-ring (bicyclic) bond motifs is 1. The average Bonchev–Trinajstić information content (AvgIpc) is 3.32. The third-order valence-electron chi connectivity index (χ3n) is 5.64. The zero-order chi connectivity index (χ0) is 26.3. The zero-order valence-electron chi connectivity index (χ0n) is 20.4. The normalized spacial score (nSPS) is 24.4. The van der Waals surface area contributed by atoms with Gasteiger partial charge in [-0.15, -0.1) is 0 Å². The van der Waals surface area contributed by atoms with E-state index in [0.717, 1.165) is 10.5 Å². The van der Waals surface area contributed by atoms with Crippen molar-refractivity contribution in [1.82, 2.24) is 14.5 Å². The smallest absolute Gasteiger partial charge is 0.415 e. The fourth-order valence-electron chi connectivity index (χ4n) is 3.80. The maximum atomic E-state index is 12.5. The molecular weight excluding hydrogens is 492 g/mol. The molecule has 1 aromatic carbocycles. The summed E-state index contributed by atoms with van der Waals surface area (Å²) in [5.74, 6) is 0.250. The summed E-state index contributed by atoms with van der Waals surface area (Å²) in [7, 11) is -4.03. The Kier molecular flexibility index (Phi) is 7.21. The molecule has 2 aliphatic rings. The largest absolute Gasteiger partial charge is 0.443 e. The summed E-state index contributed by atoms with van der Waals surface area (Å²) in [5.41, 5.74) is 0.422. The second-order valence-corrected chi connectivity index (χ2v) is 11.4. The molecule has 1 fully saturated rings. The molecule has 36 heavy (non-hydrogen) atoms. The number of aryl methyl sites for hydroxylation is 1. The number of amides is 1. The van der Waals surface area contributed by atoms with Crippen LogP contribution in [0.2, 0.25) is 0 Å². The molecule has 12 nitrogen and oxygen atoms in total. The SMILES string of the molecule is Cc1ccc(S(=O)(=O)OC[C@H]2O[C@@H](n3cnc4c3N=CN(C(=O)OC(C)(C)C)CC4O)CC2O)cc1. The van der Waals surface area contributed by atoms with Crippen LogP contribution in [-0.4, -0.2) is 76.5 Å². The van der Waals surface area contributed by atoms with Crippen molar-refractivity contribution in [3.63, 3.8) is 0 Å². The first kappa shape index (κ1) is 26.2. The van der Waals surface area contributed by atoms with Gasteiger partial charge in [-0.1, -0.05) is 17.7 Å². The lowest BCUT2D eigenvalue weighted by atomic mass is 10.2. The van der Waals surface area contributed by atoms with Gasteiger partial charge in [0, 0.05) is 6.42 Å². The van der Waals surface area contributed by atoms with E-state index in [1.807, 2.05) is 6.92 Å². The summed E-state index contributed by atoms with van der Waals surface area (Å²) in [4.78, 5) is 22.1. The van der Waals surface area contributed by atoms with Crippen LogP contribution >= 0.6 is 0 Å². The van der Waals surface area contributed by atoms with Crippen molar-refractivity contribution in [2.45, 2.75) is 69.2 Å². The van der Waals surface area contributed by atoms with Gasteiger partial charge in [0.15, 0.2) is 5.82 Å². The van der Waals surface area contributed by atoms with Crippen molar-refractivity contribution in [3.05, 3.63) is 41.9 Å². The number of β-amino-alcohol motifs (C(OH)–C–C–N with tert-alkyl or cyclic N) is 1. The number of aliphatic imine (C=N–C) groups is 1. The monoisotopic (exact) mass is 522 g/mol. The van der Waals surface area contributed by atoms with E-state index in [1.165, 1.54) is 29.4 Å². The van der Waals surface area contributed by atoms with Crippen LogP contribution < -0.4 is 0 Å². The summed E-state index contributed by atoms with van der Waals surface area (Å²) in [6.07, 6.45) is -1.71. The van der Waals surface area contributed by atoms with Crippen molar-refractivity contribution >= 4 is 28.4 Å². The van der Waals surface area contributed by atoms with Crippen LogP contribution in [0.5, 0.6) is 0 Å². The minimum atomic E-state index is -4.03. The molecule has 0 spiro atoms. The molecule has 1 amide bonds. The highest BCUT2D eigenvalue weighted by Gasteiger charge is 2.38. The highest BCUT2D eigenvalue weighted by molar-refractivity contribution is 7.86. The molecule has 1 aromatic heterocycles. The van der Waals surface area contributed by atoms with Gasteiger partial charge in [0.25, 0.3) is 10.1 Å². The highest BCUT2D eigenvalue weighted by atomic mass is 32.2. The predicted molar refractivity (Wildman–Crippen MR) is 127 cm³/mol. The molecule has 0 radical (unpaired) electrons. The fourth-order valence-corrected chi connectivity index (χ4v) is 4.72. The predicted octanol–water partition coefficient (Wildman–Crippen LogP) is 2.19. The second kappa shape index (κ2) is 9.90. The Morgan fingerprint density at radius 1 is 1.22 bits per heavy atom. The maximum absolute atomic E-state index is 12.5. The minimum Gasteiger partial charge on any atom is -0.443 e. The summed E-state index contributed by atoms with van der Waals surface area (Å²) < 4.78 is 42.9. The molecule has 196 valence electrons. The first-order valence-electron chi connectivity index (χ1n) is 11.4. The lowest BCUT2D eigenvalue weighted by Gasteiger charge is -2.24. The van der Waals surface area contributed by atoms with Gasteiger partial charge in [0.05, 0.1) is 30.5 Å². The molecule has 2 unspecified atom stereocenters. The van der Waals surface area contributed by atoms with Gasteiger partial charge < -0.3 is 19.7 Å². The molecule has 0 aliphatic carbocycles. The average molecular weight is 523 g/mol. The zero-order valence-corrected chi connectivity index (χ0v) is 21.3. The van der Waals surface area contributed by atoms with Crippen LogP contribution in [0.15, 0.2) is 40.5 Å². The van der Waals surface area contributed by atoms with Gasteiger partial charge in [-0.05, 0) is 39.8 Å². The minimum absolute atomic E-state index is 0.00920. The molecule has 2 aliphatic heterocycles. The summed E-state index contributed by atoms with van der Waals surface area (Å²) in [6.45, 7) is 6.54. The lowest BCUT2D eigenvalue weighted by Crippen LogP contribution is -2.37. The van der Waals surface area contributed by atoms with Crippen molar-refractivity contribution in [3.8, 4) is 0 Å². The number of imidazole rings is 1. The quantitative estimate of drug-likeness (QED) is 0.563. The Hall–Kier alpha value is -2.84. The number of benzene rings is 1. The van der Waals surface area contributed by atoms with Gasteiger partial charge in [0.2, 0.25) is 0 Å². The summed E-state index contributed by atoms with van der Waals surface area (Å²) in [5, 5.41) is 21.1. The Morgan fingerprint density at radius 3 is 2.58 bits per heavy atom. The van der Waals surface area contributed by atoms with Gasteiger partial charge >= 0.3 is 6.09 Å². The Morgan fingerprint density at radius 2 is 1.92 bits per heavy atom. The number of aliphatic hydroxyl groups excluding tert-OH is 2. The number of ether oxygens (including phenoxy) is 2. The van der Waals surface area contributed by atoms with Crippen LogP contribution in [0, 0.1) is 6.92 Å². The second-order valence-electron chi connectivity index (χ2n) is 9.74. The number of aromatic nitrogens is 2. The first-order chi connectivity index (χ1) is 16.8. The van der Waals surface area contributed by atoms with Gasteiger partial charge in [-0.2, -0.15) is 8.42 Å². The number of nitrogens with zero attached hydrogens (tertiary/aromatic N) is 4. The Balaban J connectivity index is 1.46. The molecule has 3 heterocycles. The van der Waals surface area contributed by atoms with Crippen molar-refractivity contribution < 1.29 is 37.1 Å².